The molecule has 4 nitrogen and oxygen atoms in total. The molecule has 1 amide bonds. The van der Waals surface area contributed by atoms with Crippen LogP contribution in [0, 0.1) is 0 Å². The van der Waals surface area contributed by atoms with Crippen LogP contribution in [-0.2, 0) is 4.79 Å². The Hall–Kier alpha value is -1.39. The van der Waals surface area contributed by atoms with Gasteiger partial charge in [-0.2, -0.15) is 0 Å². The molecule has 0 aromatic heterocycles. The quantitative estimate of drug-likeness (QED) is 0.0577. The fourth-order valence-corrected chi connectivity index (χ4v) is 4.40. The molecule has 0 rings (SSSR count). The van der Waals surface area contributed by atoms with Crippen molar-refractivity contribution in [3.05, 3.63) is 36.5 Å². The second kappa shape index (κ2) is 29.2. The van der Waals surface area contributed by atoms with Gasteiger partial charge >= 0.3 is 0 Å². The number of nitrogens with one attached hydrogen (secondary N) is 1. The standard InChI is InChI=1S/C33H61NO3/c1-3-5-7-9-11-13-15-16-17-19-21-23-25-27-29-33(37)34-31(30-35)32(36)28-26-24-22-20-18-14-12-10-8-6-4-2/h15-16,22,24,26,28,31-32,35-36H,3-14,17-21,23,25,27,29-30H2,1-2H3,(H,34,37)/b16-15+,24-22+,28-26+/t31-,32+/m0/s1. The van der Waals surface area contributed by atoms with Crippen LogP contribution in [0.5, 0.6) is 0 Å². The molecule has 4 heteroatoms. The summed E-state index contributed by atoms with van der Waals surface area (Å²) >= 11 is 0. The van der Waals surface area contributed by atoms with E-state index in [9.17, 15) is 15.0 Å². The average Bonchev–Trinajstić information content (AvgIpc) is 2.90. The number of amides is 1. The van der Waals surface area contributed by atoms with Gasteiger partial charge in [-0.05, 0) is 44.9 Å². The number of unbranched alkanes of at least 4 members (excludes halogenated alkanes) is 17. The van der Waals surface area contributed by atoms with Crippen LogP contribution in [0.15, 0.2) is 36.5 Å². The molecule has 0 bridgehead atoms. The summed E-state index contributed by atoms with van der Waals surface area (Å²) in [7, 11) is 0. The highest BCUT2D eigenvalue weighted by atomic mass is 16.3. The lowest BCUT2D eigenvalue weighted by atomic mass is 10.1. The molecule has 3 N–H and O–H groups in total. The smallest absolute Gasteiger partial charge is 0.220 e. The minimum Gasteiger partial charge on any atom is -0.394 e. The molecule has 2 atom stereocenters. The normalized spacial score (nSPS) is 13.7. The number of carbonyl (C=O) groups is 1. The Kier molecular flexibility index (Phi) is 28.1. The van der Waals surface area contributed by atoms with Crippen LogP contribution >= 0.6 is 0 Å². The molecule has 0 radical (unpaired) electrons. The fraction of sp³-hybridized carbons (Fsp3) is 0.788. The maximum absolute atomic E-state index is 12.2. The highest BCUT2D eigenvalue weighted by Gasteiger charge is 2.17. The Bertz CT molecular complexity index is 570. The van der Waals surface area contributed by atoms with Crippen LogP contribution in [-0.4, -0.2) is 34.9 Å². The molecule has 0 unspecified atom stereocenters. The van der Waals surface area contributed by atoms with Crippen molar-refractivity contribution in [1.82, 2.24) is 5.32 Å². The number of hydrogen-bond acceptors (Lipinski definition) is 3. The number of rotatable bonds is 27. The zero-order valence-corrected chi connectivity index (χ0v) is 24.5. The lowest BCUT2D eigenvalue weighted by Crippen LogP contribution is -2.45. The molecule has 0 aromatic carbocycles. The van der Waals surface area contributed by atoms with Gasteiger partial charge in [0.2, 0.25) is 5.91 Å². The first-order chi connectivity index (χ1) is 18.2. The summed E-state index contributed by atoms with van der Waals surface area (Å²) in [6.45, 7) is 4.22. The van der Waals surface area contributed by atoms with Crippen molar-refractivity contribution < 1.29 is 15.0 Å². The minimum atomic E-state index is -0.887. The highest BCUT2D eigenvalue weighted by Crippen LogP contribution is 2.10. The molecule has 0 saturated heterocycles. The third-order valence-corrected chi connectivity index (χ3v) is 6.90. The van der Waals surface area contributed by atoms with Gasteiger partial charge in [0, 0.05) is 6.42 Å². The SMILES string of the molecule is CCCCCCC/C=C/CCCCCCCC(=O)N[C@@H](CO)[C@H](O)/C=C/C=C/CCCCCCCCC. The zero-order chi connectivity index (χ0) is 27.2. The average molecular weight is 520 g/mol. The molecule has 0 aromatic rings. The van der Waals surface area contributed by atoms with Crippen molar-refractivity contribution in [3.63, 3.8) is 0 Å². The maximum atomic E-state index is 12.2. The van der Waals surface area contributed by atoms with Gasteiger partial charge in [-0.25, -0.2) is 0 Å². The third kappa shape index (κ3) is 26.0. The number of allylic oxidation sites excluding steroid dienone is 5. The molecular formula is C33H61NO3. The van der Waals surface area contributed by atoms with Crippen LogP contribution in [0.3, 0.4) is 0 Å². The summed E-state index contributed by atoms with van der Waals surface area (Å²) in [6, 6.07) is -0.654. The van der Waals surface area contributed by atoms with Crippen molar-refractivity contribution in [2.75, 3.05) is 6.61 Å². The van der Waals surface area contributed by atoms with Crippen LogP contribution in [0.1, 0.15) is 149 Å². The van der Waals surface area contributed by atoms with Gasteiger partial charge in [0.25, 0.3) is 0 Å². The van der Waals surface area contributed by atoms with E-state index in [-0.39, 0.29) is 12.5 Å². The second-order valence-corrected chi connectivity index (χ2v) is 10.6. The Balaban J connectivity index is 3.76. The number of aliphatic hydroxyl groups is 2. The van der Waals surface area contributed by atoms with E-state index in [2.05, 4.69) is 37.4 Å². The van der Waals surface area contributed by atoms with E-state index in [1.54, 1.807) is 6.08 Å². The molecule has 0 heterocycles. The minimum absolute atomic E-state index is 0.0946. The molecule has 0 aliphatic rings. The number of aliphatic hydroxyl groups excluding tert-OH is 2. The predicted octanol–water partition coefficient (Wildman–Crippen LogP) is 8.72. The predicted molar refractivity (Wildman–Crippen MR) is 161 cm³/mol. The first-order valence-electron chi connectivity index (χ1n) is 15.7. The molecule has 0 spiro atoms. The topological polar surface area (TPSA) is 69.6 Å². The molecular weight excluding hydrogens is 458 g/mol. The largest absolute Gasteiger partial charge is 0.394 e. The van der Waals surface area contributed by atoms with Gasteiger partial charge < -0.3 is 15.5 Å². The summed E-state index contributed by atoms with van der Waals surface area (Å²) in [5, 5.41) is 22.7. The molecule has 216 valence electrons. The van der Waals surface area contributed by atoms with E-state index in [0.717, 1.165) is 32.1 Å². The van der Waals surface area contributed by atoms with E-state index in [1.165, 1.54) is 96.3 Å². The van der Waals surface area contributed by atoms with Crippen LogP contribution in [0.25, 0.3) is 0 Å². The van der Waals surface area contributed by atoms with Gasteiger partial charge in [-0.3, -0.25) is 4.79 Å². The van der Waals surface area contributed by atoms with Crippen molar-refractivity contribution >= 4 is 5.91 Å². The summed E-state index contributed by atoms with van der Waals surface area (Å²) in [4.78, 5) is 12.2. The first-order valence-corrected chi connectivity index (χ1v) is 15.7. The van der Waals surface area contributed by atoms with E-state index in [4.69, 9.17) is 0 Å². The Morgan fingerprint density at radius 3 is 1.62 bits per heavy atom. The van der Waals surface area contributed by atoms with Gasteiger partial charge in [0.1, 0.15) is 0 Å². The van der Waals surface area contributed by atoms with E-state index >= 15 is 0 Å². The number of hydrogen-bond donors (Lipinski definition) is 3. The van der Waals surface area contributed by atoms with Crippen molar-refractivity contribution in [2.24, 2.45) is 0 Å². The van der Waals surface area contributed by atoms with Crippen molar-refractivity contribution in [1.29, 1.82) is 0 Å². The summed E-state index contributed by atoms with van der Waals surface area (Å²) in [5.41, 5.74) is 0. The third-order valence-electron chi connectivity index (χ3n) is 6.90. The van der Waals surface area contributed by atoms with Crippen LogP contribution in [0.2, 0.25) is 0 Å². The second-order valence-electron chi connectivity index (χ2n) is 10.6. The lowest BCUT2D eigenvalue weighted by molar-refractivity contribution is -0.123. The highest BCUT2D eigenvalue weighted by molar-refractivity contribution is 5.76. The molecule has 0 saturated carbocycles. The van der Waals surface area contributed by atoms with E-state index in [0.29, 0.717) is 6.42 Å². The zero-order valence-electron chi connectivity index (χ0n) is 24.5. The first kappa shape index (κ1) is 35.6. The Morgan fingerprint density at radius 1 is 0.649 bits per heavy atom. The summed E-state index contributed by atoms with van der Waals surface area (Å²) in [6.07, 6.45) is 36.5. The fourth-order valence-electron chi connectivity index (χ4n) is 4.40. The van der Waals surface area contributed by atoms with Gasteiger partial charge in [-0.1, -0.05) is 134 Å². The van der Waals surface area contributed by atoms with Crippen LogP contribution < -0.4 is 5.32 Å². The maximum Gasteiger partial charge on any atom is 0.220 e. The van der Waals surface area contributed by atoms with Crippen LogP contribution in [0.4, 0.5) is 0 Å². The van der Waals surface area contributed by atoms with E-state index < -0.39 is 12.1 Å². The molecule has 0 aliphatic carbocycles. The van der Waals surface area contributed by atoms with Gasteiger partial charge in [0.15, 0.2) is 0 Å². The molecule has 0 fully saturated rings. The van der Waals surface area contributed by atoms with Crippen molar-refractivity contribution in [2.45, 2.75) is 161 Å². The number of carbonyl (C=O) groups excluding carboxylic acids is 1. The van der Waals surface area contributed by atoms with Crippen molar-refractivity contribution in [3.8, 4) is 0 Å². The molecule has 0 aliphatic heterocycles. The molecule has 37 heavy (non-hydrogen) atoms. The monoisotopic (exact) mass is 519 g/mol. The Morgan fingerprint density at radius 2 is 1.11 bits per heavy atom. The Labute approximate surface area is 230 Å². The van der Waals surface area contributed by atoms with Gasteiger partial charge in [0.05, 0.1) is 18.8 Å². The summed E-state index contributed by atoms with van der Waals surface area (Å²) in [5.74, 6) is -0.0946. The van der Waals surface area contributed by atoms with E-state index in [1.807, 2.05) is 12.2 Å². The lowest BCUT2D eigenvalue weighted by Gasteiger charge is -2.19. The summed E-state index contributed by atoms with van der Waals surface area (Å²) < 4.78 is 0. The van der Waals surface area contributed by atoms with Gasteiger partial charge in [-0.15, -0.1) is 0 Å².